The smallest absolute Gasteiger partial charge is 0.300 e. The minimum Gasteiger partial charge on any atom is -0.422 e. The minimum atomic E-state index is -0.215. The van der Waals surface area contributed by atoms with Crippen LogP contribution in [-0.2, 0) is 5.41 Å². The molecule has 9 nitrogen and oxygen atoms in total. The van der Waals surface area contributed by atoms with Gasteiger partial charge in [-0.05, 0) is 38.1 Å². The molecule has 1 fully saturated rings. The van der Waals surface area contributed by atoms with E-state index < -0.39 is 0 Å². The topological polar surface area (TPSA) is 101 Å². The predicted octanol–water partition coefficient (Wildman–Crippen LogP) is 4.23. The molecule has 1 saturated heterocycles. The molecule has 0 radical (unpaired) electrons. The Kier molecular flexibility index (Phi) is 5.34. The van der Waals surface area contributed by atoms with Crippen molar-refractivity contribution in [2.45, 2.75) is 46.1 Å². The van der Waals surface area contributed by atoms with Crippen molar-refractivity contribution < 1.29 is 13.7 Å². The van der Waals surface area contributed by atoms with E-state index in [0.717, 1.165) is 11.3 Å². The van der Waals surface area contributed by atoms with Crippen molar-refractivity contribution in [3.63, 3.8) is 0 Å². The summed E-state index contributed by atoms with van der Waals surface area (Å²) in [6, 6.07) is 11.8. The maximum absolute atomic E-state index is 13.2. The number of fused-ring (bicyclic) bond motifs is 1. The number of amides is 1. The SMILES string of the molecule is Cc1ccc2oc(N3CCN(C(=O)c4ccc(-c5noc(C(C)(C)C)n5)cc4)CC3C)nc2n1. The van der Waals surface area contributed by atoms with Crippen LogP contribution < -0.4 is 4.90 Å². The van der Waals surface area contributed by atoms with Crippen molar-refractivity contribution in [1.29, 1.82) is 0 Å². The lowest BCUT2D eigenvalue weighted by molar-refractivity contribution is 0.0724. The maximum atomic E-state index is 13.2. The second-order valence-electron chi connectivity index (χ2n) is 9.81. The zero-order chi connectivity index (χ0) is 24.0. The first-order valence-electron chi connectivity index (χ1n) is 11.4. The minimum absolute atomic E-state index is 0.00333. The number of aryl methyl sites for hydroxylation is 1. The Balaban J connectivity index is 1.27. The number of nitrogens with zero attached hydrogens (tertiary/aromatic N) is 6. The molecule has 0 spiro atoms. The van der Waals surface area contributed by atoms with Crippen molar-refractivity contribution in [3.8, 4) is 11.4 Å². The van der Waals surface area contributed by atoms with Crippen LogP contribution in [0.1, 0.15) is 49.6 Å². The molecule has 1 atom stereocenters. The van der Waals surface area contributed by atoms with Crippen LogP contribution in [0.2, 0.25) is 0 Å². The van der Waals surface area contributed by atoms with Gasteiger partial charge in [-0.25, -0.2) is 4.98 Å². The van der Waals surface area contributed by atoms with Gasteiger partial charge in [0.15, 0.2) is 5.58 Å². The first kappa shape index (κ1) is 22.1. The first-order valence-corrected chi connectivity index (χ1v) is 11.4. The Morgan fingerprint density at radius 1 is 1.03 bits per heavy atom. The summed E-state index contributed by atoms with van der Waals surface area (Å²) in [7, 11) is 0. The van der Waals surface area contributed by atoms with Gasteiger partial charge in [0.1, 0.15) is 0 Å². The van der Waals surface area contributed by atoms with Gasteiger partial charge in [0.25, 0.3) is 11.9 Å². The summed E-state index contributed by atoms with van der Waals surface area (Å²) in [6.07, 6.45) is 0. The number of rotatable bonds is 3. The fourth-order valence-corrected chi connectivity index (χ4v) is 4.04. The van der Waals surface area contributed by atoms with Gasteiger partial charge in [-0.15, -0.1) is 0 Å². The molecule has 0 aliphatic carbocycles. The van der Waals surface area contributed by atoms with Crippen molar-refractivity contribution in [1.82, 2.24) is 25.0 Å². The van der Waals surface area contributed by atoms with Crippen LogP contribution in [0.3, 0.4) is 0 Å². The molecule has 5 rings (SSSR count). The van der Waals surface area contributed by atoms with Crippen LogP contribution in [-0.4, -0.2) is 56.6 Å². The summed E-state index contributed by atoms with van der Waals surface area (Å²) < 4.78 is 11.3. The molecule has 3 aromatic heterocycles. The lowest BCUT2D eigenvalue weighted by Crippen LogP contribution is -2.53. The molecule has 0 bridgehead atoms. The van der Waals surface area contributed by atoms with Crippen molar-refractivity contribution in [2.75, 3.05) is 24.5 Å². The van der Waals surface area contributed by atoms with Gasteiger partial charge in [-0.1, -0.05) is 38.1 Å². The van der Waals surface area contributed by atoms with E-state index in [1.807, 2.05) is 69.0 Å². The average Bonchev–Trinajstić information content (AvgIpc) is 3.46. The molecular weight excluding hydrogens is 432 g/mol. The summed E-state index contributed by atoms with van der Waals surface area (Å²) >= 11 is 0. The molecule has 176 valence electrons. The second kappa shape index (κ2) is 8.23. The fourth-order valence-electron chi connectivity index (χ4n) is 4.04. The number of carbonyl (C=O) groups is 1. The molecule has 4 aromatic rings. The van der Waals surface area contributed by atoms with E-state index in [9.17, 15) is 4.79 Å². The van der Waals surface area contributed by atoms with E-state index in [4.69, 9.17) is 8.94 Å². The normalized spacial score (nSPS) is 16.9. The molecule has 1 amide bonds. The average molecular weight is 461 g/mol. The fraction of sp³-hybridized carbons (Fsp3) is 0.400. The summed E-state index contributed by atoms with van der Waals surface area (Å²) in [5.41, 5.74) is 3.41. The number of benzene rings is 1. The van der Waals surface area contributed by atoms with Gasteiger partial charge in [0.2, 0.25) is 17.4 Å². The summed E-state index contributed by atoms with van der Waals surface area (Å²) in [4.78, 5) is 30.6. The van der Waals surface area contributed by atoms with Crippen LogP contribution >= 0.6 is 0 Å². The lowest BCUT2D eigenvalue weighted by Gasteiger charge is -2.39. The van der Waals surface area contributed by atoms with E-state index in [0.29, 0.717) is 54.2 Å². The zero-order valence-corrected chi connectivity index (χ0v) is 20.1. The van der Waals surface area contributed by atoms with E-state index in [1.54, 1.807) is 0 Å². The Bertz CT molecular complexity index is 1330. The number of anilines is 1. The summed E-state index contributed by atoms with van der Waals surface area (Å²) in [5, 5.41) is 4.08. The Morgan fingerprint density at radius 3 is 2.47 bits per heavy atom. The third-order valence-electron chi connectivity index (χ3n) is 6.00. The monoisotopic (exact) mass is 460 g/mol. The highest BCUT2D eigenvalue weighted by atomic mass is 16.5. The molecule has 1 aliphatic heterocycles. The van der Waals surface area contributed by atoms with Crippen LogP contribution in [0.4, 0.5) is 6.01 Å². The van der Waals surface area contributed by atoms with Gasteiger partial charge in [-0.3, -0.25) is 4.79 Å². The van der Waals surface area contributed by atoms with E-state index >= 15 is 0 Å². The number of carbonyl (C=O) groups excluding carboxylic acids is 1. The van der Waals surface area contributed by atoms with Crippen molar-refractivity contribution >= 4 is 23.2 Å². The summed E-state index contributed by atoms with van der Waals surface area (Å²) in [6.45, 7) is 11.9. The number of hydrogen-bond donors (Lipinski definition) is 0. The number of piperazine rings is 1. The maximum Gasteiger partial charge on any atom is 0.300 e. The molecule has 1 unspecified atom stereocenters. The number of pyridine rings is 1. The van der Waals surface area contributed by atoms with Crippen LogP contribution in [0.25, 0.3) is 22.6 Å². The van der Waals surface area contributed by atoms with E-state index in [-0.39, 0.29) is 17.4 Å². The van der Waals surface area contributed by atoms with Crippen LogP contribution in [0.5, 0.6) is 0 Å². The van der Waals surface area contributed by atoms with Gasteiger partial charge in [0.05, 0.1) is 0 Å². The molecule has 1 aromatic carbocycles. The van der Waals surface area contributed by atoms with E-state index in [2.05, 4.69) is 31.9 Å². The highest BCUT2D eigenvalue weighted by Gasteiger charge is 2.30. The Hall–Kier alpha value is -3.75. The predicted molar refractivity (Wildman–Crippen MR) is 128 cm³/mol. The zero-order valence-electron chi connectivity index (χ0n) is 20.1. The number of oxazole rings is 1. The largest absolute Gasteiger partial charge is 0.422 e. The molecule has 0 N–H and O–H groups in total. The molecule has 34 heavy (non-hydrogen) atoms. The van der Waals surface area contributed by atoms with Crippen LogP contribution in [0, 0.1) is 6.92 Å². The van der Waals surface area contributed by atoms with Crippen LogP contribution in [0.15, 0.2) is 45.3 Å². The highest BCUT2D eigenvalue weighted by Crippen LogP contribution is 2.26. The molecule has 0 saturated carbocycles. The molecule has 9 heteroatoms. The summed E-state index contributed by atoms with van der Waals surface area (Å²) in [5.74, 6) is 1.10. The van der Waals surface area contributed by atoms with Gasteiger partial charge in [-0.2, -0.15) is 9.97 Å². The second-order valence-corrected chi connectivity index (χ2v) is 9.81. The Morgan fingerprint density at radius 2 is 1.79 bits per heavy atom. The van der Waals surface area contributed by atoms with Crippen molar-refractivity contribution in [2.24, 2.45) is 0 Å². The number of aromatic nitrogens is 4. The van der Waals surface area contributed by atoms with Gasteiger partial charge >= 0.3 is 0 Å². The Labute approximate surface area is 197 Å². The standard InChI is InChI=1S/C25H28N6O3/c1-15-6-11-19-21(26-15)28-24(33-19)31-13-12-30(14-16(31)2)22(32)18-9-7-17(8-10-18)20-27-23(34-29-20)25(3,4)5/h6-11,16H,12-14H2,1-5H3. The quantitative estimate of drug-likeness (QED) is 0.448. The van der Waals surface area contributed by atoms with Gasteiger partial charge in [0, 0.05) is 47.9 Å². The lowest BCUT2D eigenvalue weighted by atomic mass is 9.97. The highest BCUT2D eigenvalue weighted by molar-refractivity contribution is 5.94. The third kappa shape index (κ3) is 4.13. The van der Waals surface area contributed by atoms with Gasteiger partial charge < -0.3 is 18.7 Å². The molecule has 4 heterocycles. The number of hydrogen-bond acceptors (Lipinski definition) is 8. The molecule has 1 aliphatic rings. The van der Waals surface area contributed by atoms with E-state index in [1.165, 1.54) is 0 Å². The molecular formula is C25H28N6O3. The van der Waals surface area contributed by atoms with Crippen molar-refractivity contribution in [3.05, 3.63) is 53.5 Å². The first-order chi connectivity index (χ1) is 16.2. The third-order valence-corrected chi connectivity index (χ3v) is 6.00.